The van der Waals surface area contributed by atoms with Crippen molar-refractivity contribution in [2.75, 3.05) is 14.1 Å². The van der Waals surface area contributed by atoms with Crippen molar-refractivity contribution in [2.24, 2.45) is 0 Å². The summed E-state index contributed by atoms with van der Waals surface area (Å²) >= 11 is 11.7. The normalized spacial score (nSPS) is 16.6. The lowest BCUT2D eigenvalue weighted by Crippen LogP contribution is -2.26. The first kappa shape index (κ1) is 16.7. The first-order chi connectivity index (χ1) is 11.4. The van der Waals surface area contributed by atoms with E-state index in [0.717, 1.165) is 16.8 Å². The van der Waals surface area contributed by atoms with Crippen molar-refractivity contribution >= 4 is 40.9 Å². The third-order valence-corrected chi connectivity index (χ3v) is 4.97. The van der Waals surface area contributed by atoms with Crippen molar-refractivity contribution in [3.8, 4) is 0 Å². The summed E-state index contributed by atoms with van der Waals surface area (Å²) < 4.78 is 1.74. The van der Waals surface area contributed by atoms with Gasteiger partial charge in [0, 0.05) is 19.7 Å². The third-order valence-electron chi connectivity index (χ3n) is 4.02. The number of aryl methyl sites for hydroxylation is 1. The number of hydrogen-bond donors (Lipinski definition) is 0. The van der Waals surface area contributed by atoms with Gasteiger partial charge in [-0.15, -0.1) is 0 Å². The molecule has 3 rings (SSSR count). The zero-order chi connectivity index (χ0) is 17.4. The molecule has 7 heteroatoms. The molecule has 0 N–H and O–H groups in total. The Labute approximate surface area is 151 Å². The van der Waals surface area contributed by atoms with Gasteiger partial charge < -0.3 is 4.90 Å². The number of carbonyl (C=O) groups excluding carboxylic acids is 1. The molecule has 2 heterocycles. The highest BCUT2D eigenvalue weighted by Gasteiger charge is 2.33. The van der Waals surface area contributed by atoms with Gasteiger partial charge in [-0.25, -0.2) is 4.68 Å². The highest BCUT2D eigenvalue weighted by Crippen LogP contribution is 2.27. The smallest absolute Gasteiger partial charge is 0.276 e. The molecule has 0 saturated carbocycles. The quantitative estimate of drug-likeness (QED) is 0.623. The van der Waals surface area contributed by atoms with E-state index in [-0.39, 0.29) is 5.91 Å². The molecule has 1 amide bonds. The first-order valence-corrected chi connectivity index (χ1v) is 8.23. The Balaban J connectivity index is 1.97. The summed E-state index contributed by atoms with van der Waals surface area (Å²) in [5, 5.41) is 5.47. The van der Waals surface area contributed by atoms with Gasteiger partial charge in [-0.05, 0) is 30.8 Å². The van der Waals surface area contributed by atoms with Crippen LogP contribution in [0.3, 0.4) is 0 Å². The van der Waals surface area contributed by atoms with Gasteiger partial charge >= 0.3 is 0 Å². The molecule has 0 unspecified atom stereocenters. The molecule has 1 saturated heterocycles. The second-order valence-corrected chi connectivity index (χ2v) is 6.39. The zero-order valence-corrected chi connectivity index (χ0v) is 15.2. The predicted molar refractivity (Wildman–Crippen MR) is 98.6 cm³/mol. The zero-order valence-electron chi connectivity index (χ0n) is 13.7. The minimum atomic E-state index is -0.145. The Kier molecular flexibility index (Phi) is 4.43. The number of halogens is 1. The number of aromatic nitrogens is 2. The second kappa shape index (κ2) is 6.37. The van der Waals surface area contributed by atoms with E-state index >= 15 is 0 Å². The topological polar surface area (TPSA) is 41.4 Å². The van der Waals surface area contributed by atoms with E-state index in [2.05, 4.69) is 5.10 Å². The molecule has 0 bridgehead atoms. The van der Waals surface area contributed by atoms with Gasteiger partial charge in [0.15, 0.2) is 5.11 Å². The van der Waals surface area contributed by atoms with Gasteiger partial charge in [0.05, 0.1) is 12.2 Å². The molecular weight excluding hydrogens is 344 g/mol. The van der Waals surface area contributed by atoms with Gasteiger partial charge in [-0.3, -0.25) is 9.69 Å². The van der Waals surface area contributed by atoms with Crippen LogP contribution >= 0.6 is 23.8 Å². The molecular formula is C17H17ClN4OS. The van der Waals surface area contributed by atoms with Crippen LogP contribution in [-0.2, 0) is 11.3 Å². The maximum Gasteiger partial charge on any atom is 0.276 e. The van der Waals surface area contributed by atoms with Gasteiger partial charge in [0.25, 0.3) is 5.91 Å². The van der Waals surface area contributed by atoms with Crippen molar-refractivity contribution in [1.29, 1.82) is 0 Å². The molecule has 1 aromatic carbocycles. The molecule has 124 valence electrons. The van der Waals surface area contributed by atoms with Crippen molar-refractivity contribution in [2.45, 2.75) is 13.5 Å². The lowest BCUT2D eigenvalue weighted by Gasteiger charge is -2.11. The molecule has 24 heavy (non-hydrogen) atoms. The average Bonchev–Trinajstić information content (AvgIpc) is 2.93. The van der Waals surface area contributed by atoms with Crippen LogP contribution < -0.4 is 0 Å². The Morgan fingerprint density at radius 3 is 2.46 bits per heavy atom. The van der Waals surface area contributed by atoms with Crippen molar-refractivity contribution in [1.82, 2.24) is 19.6 Å². The Bertz CT molecular complexity index is 844. The largest absolute Gasteiger partial charge is 0.317 e. The number of benzene rings is 1. The van der Waals surface area contributed by atoms with Gasteiger partial charge in [-0.1, -0.05) is 41.9 Å². The number of likely N-dealkylation sites (N-methyl/N-ethyl adjacent to an activating group) is 2. The van der Waals surface area contributed by atoms with Crippen LogP contribution in [0.2, 0.25) is 5.15 Å². The van der Waals surface area contributed by atoms with Crippen LogP contribution in [0, 0.1) is 6.92 Å². The lowest BCUT2D eigenvalue weighted by molar-refractivity contribution is -0.121. The Hall–Kier alpha value is -2.18. The molecule has 1 aliphatic heterocycles. The van der Waals surface area contributed by atoms with Crippen LogP contribution in [0.25, 0.3) is 6.08 Å². The SMILES string of the molecule is Cc1nn(Cc2ccccc2)c(Cl)c1C=C1C(=O)N(C)C(=S)N1C. The van der Waals surface area contributed by atoms with Crippen LogP contribution in [0.1, 0.15) is 16.8 Å². The van der Waals surface area contributed by atoms with Gasteiger partial charge in [0.1, 0.15) is 10.9 Å². The van der Waals surface area contributed by atoms with E-state index in [4.69, 9.17) is 23.8 Å². The van der Waals surface area contributed by atoms with Crippen molar-refractivity contribution in [3.05, 3.63) is 58.0 Å². The monoisotopic (exact) mass is 360 g/mol. The number of nitrogens with zero attached hydrogens (tertiary/aromatic N) is 4. The third kappa shape index (κ3) is 2.83. The van der Waals surface area contributed by atoms with Crippen LogP contribution in [-0.4, -0.2) is 44.7 Å². The maximum atomic E-state index is 12.3. The summed E-state index contributed by atoms with van der Waals surface area (Å²) in [7, 11) is 3.43. The fourth-order valence-corrected chi connectivity index (χ4v) is 3.09. The number of thiocarbonyl (C=S) groups is 1. The fourth-order valence-electron chi connectivity index (χ4n) is 2.62. The average molecular weight is 361 g/mol. The summed E-state index contributed by atoms with van der Waals surface area (Å²) in [4.78, 5) is 15.4. The summed E-state index contributed by atoms with van der Waals surface area (Å²) in [5.74, 6) is -0.145. The summed E-state index contributed by atoms with van der Waals surface area (Å²) in [6.45, 7) is 2.45. The minimum Gasteiger partial charge on any atom is -0.317 e. The maximum absolute atomic E-state index is 12.3. The Morgan fingerprint density at radius 1 is 1.21 bits per heavy atom. The minimum absolute atomic E-state index is 0.145. The predicted octanol–water partition coefficient (Wildman–Crippen LogP) is 2.92. The Morgan fingerprint density at radius 2 is 1.88 bits per heavy atom. The van der Waals surface area contributed by atoms with E-state index in [0.29, 0.717) is 22.5 Å². The van der Waals surface area contributed by atoms with E-state index in [9.17, 15) is 4.79 Å². The standard InChI is InChI=1S/C17H17ClN4OS/c1-11-13(9-14-16(23)21(3)17(24)20(14)2)15(18)22(19-11)10-12-7-5-4-6-8-12/h4-9H,10H2,1-3H3. The molecule has 0 radical (unpaired) electrons. The summed E-state index contributed by atoms with van der Waals surface area (Å²) in [6, 6.07) is 9.97. The van der Waals surface area contributed by atoms with Crippen molar-refractivity contribution in [3.63, 3.8) is 0 Å². The van der Waals surface area contributed by atoms with E-state index in [1.54, 1.807) is 29.8 Å². The molecule has 1 fully saturated rings. The number of amides is 1. The van der Waals surface area contributed by atoms with E-state index < -0.39 is 0 Å². The summed E-state index contributed by atoms with van der Waals surface area (Å²) in [6.07, 6.45) is 1.75. The van der Waals surface area contributed by atoms with Gasteiger partial charge in [0.2, 0.25) is 0 Å². The van der Waals surface area contributed by atoms with Gasteiger partial charge in [-0.2, -0.15) is 5.10 Å². The van der Waals surface area contributed by atoms with Crippen LogP contribution in [0.15, 0.2) is 36.0 Å². The molecule has 0 spiro atoms. The van der Waals surface area contributed by atoms with E-state index in [1.807, 2.05) is 37.3 Å². The molecule has 0 aliphatic carbocycles. The number of carbonyl (C=O) groups is 1. The fraction of sp³-hybridized carbons (Fsp3) is 0.235. The molecule has 1 aromatic heterocycles. The molecule has 0 atom stereocenters. The molecule has 2 aromatic rings. The molecule has 1 aliphatic rings. The van der Waals surface area contributed by atoms with Crippen LogP contribution in [0.5, 0.6) is 0 Å². The second-order valence-electron chi connectivity index (χ2n) is 5.67. The van der Waals surface area contributed by atoms with Crippen molar-refractivity contribution < 1.29 is 4.79 Å². The summed E-state index contributed by atoms with van der Waals surface area (Å²) in [5.41, 5.74) is 3.11. The first-order valence-electron chi connectivity index (χ1n) is 7.44. The lowest BCUT2D eigenvalue weighted by atomic mass is 10.2. The van der Waals surface area contributed by atoms with Crippen LogP contribution in [0.4, 0.5) is 0 Å². The highest BCUT2D eigenvalue weighted by atomic mass is 35.5. The van der Waals surface area contributed by atoms with E-state index in [1.165, 1.54) is 4.90 Å². The highest BCUT2D eigenvalue weighted by molar-refractivity contribution is 7.80. The number of rotatable bonds is 3. The number of hydrogen-bond acceptors (Lipinski definition) is 3. The molecule has 5 nitrogen and oxygen atoms in total.